The predicted molar refractivity (Wildman–Crippen MR) is 203 cm³/mol. The first-order chi connectivity index (χ1) is 23.6. The summed E-state index contributed by atoms with van der Waals surface area (Å²) in [7, 11) is 1.84. The second-order valence-electron chi connectivity index (χ2n) is 12.4. The van der Waals surface area contributed by atoms with Crippen LogP contribution in [-0.2, 0) is 5.41 Å². The van der Waals surface area contributed by atoms with Gasteiger partial charge in [-0.3, -0.25) is 0 Å². The molecule has 1 aromatic heterocycles. The van der Waals surface area contributed by atoms with Crippen LogP contribution in [0.4, 0.5) is 17.1 Å². The summed E-state index contributed by atoms with van der Waals surface area (Å²) in [5.41, 5.74) is 10.8. The number of nitrogens with zero attached hydrogens (tertiary/aromatic N) is 3. The number of anilines is 3. The number of hydrogen-bond acceptors (Lipinski definition) is 8. The molecule has 7 nitrogen and oxygen atoms in total. The first kappa shape index (κ1) is 33.7. The van der Waals surface area contributed by atoms with Gasteiger partial charge in [0.2, 0.25) is 0 Å². The molecule has 6 aromatic rings. The lowest BCUT2D eigenvalue weighted by Crippen LogP contribution is -2.30. The Morgan fingerprint density at radius 1 is 0.735 bits per heavy atom. The van der Waals surface area contributed by atoms with Crippen molar-refractivity contribution in [1.82, 2.24) is 8.75 Å². The van der Waals surface area contributed by atoms with Gasteiger partial charge in [-0.2, -0.15) is 8.75 Å². The maximum atomic E-state index is 9.50. The van der Waals surface area contributed by atoms with Crippen LogP contribution in [0.3, 0.4) is 0 Å². The molecule has 9 heteroatoms. The number of hydrogen-bond donors (Lipinski definition) is 2. The monoisotopic (exact) mass is 667 g/mol. The molecule has 0 aliphatic heterocycles. The number of benzene rings is 5. The zero-order chi connectivity index (χ0) is 34.7. The third-order valence-corrected chi connectivity index (χ3v) is 9.61. The fraction of sp³-hybridized carbons (Fsp3) is 0.150. The number of ether oxygens (including phenoxy) is 2. The summed E-state index contributed by atoms with van der Waals surface area (Å²) in [6, 6.07) is 36.0. The predicted octanol–water partition coefficient (Wildman–Crippen LogP) is 8.46. The molecule has 0 atom stereocenters. The maximum Gasteiger partial charge on any atom is 0.488 e. The van der Waals surface area contributed by atoms with E-state index in [4.69, 9.17) is 18.2 Å². The number of allylic oxidation sites excluding steroid dienone is 2. The van der Waals surface area contributed by atoms with E-state index < -0.39 is 7.12 Å². The number of fused-ring (bicyclic) bond motifs is 1. The summed E-state index contributed by atoms with van der Waals surface area (Å²) < 4.78 is 20.2. The van der Waals surface area contributed by atoms with Crippen molar-refractivity contribution in [2.75, 3.05) is 19.1 Å². The lowest BCUT2D eigenvalue weighted by atomic mass is 9.73. The van der Waals surface area contributed by atoms with E-state index in [9.17, 15) is 10.0 Å². The summed E-state index contributed by atoms with van der Waals surface area (Å²) in [6.07, 6.45) is 2.12. The van der Waals surface area contributed by atoms with E-state index in [1.54, 1.807) is 26.4 Å². The first-order valence-electron chi connectivity index (χ1n) is 15.9. The molecule has 0 unspecified atom stereocenters. The van der Waals surface area contributed by atoms with Crippen molar-refractivity contribution in [3.8, 4) is 22.6 Å². The van der Waals surface area contributed by atoms with Gasteiger partial charge in [-0.05, 0) is 101 Å². The van der Waals surface area contributed by atoms with Crippen molar-refractivity contribution in [2.45, 2.75) is 26.2 Å². The largest absolute Gasteiger partial charge is 0.497 e. The number of aromatic nitrogens is 2. The highest BCUT2D eigenvalue weighted by atomic mass is 32.1. The standard InChI is InChI=1S/C40H38BN3O4S/c1-26(27(2)40(3,4)30-10-12-31(13-11-30)41(45)46)25-29-9-24-37(39-38(29)42-49-43-39)28-7-14-32(15-8-28)44(33-16-20-35(47-5)21-17-33)34-18-22-36(48-6)23-19-34/h7-25,45-46H,2H2,1,3-6H3/b26-25+. The van der Waals surface area contributed by atoms with Crippen LogP contribution in [0.15, 0.2) is 127 Å². The van der Waals surface area contributed by atoms with Gasteiger partial charge < -0.3 is 24.4 Å². The average Bonchev–Trinajstić information content (AvgIpc) is 3.63. The molecule has 246 valence electrons. The Bertz CT molecular complexity index is 2060. The Morgan fingerprint density at radius 2 is 1.24 bits per heavy atom. The molecule has 0 radical (unpaired) electrons. The van der Waals surface area contributed by atoms with Crippen LogP contribution in [0.2, 0.25) is 0 Å². The minimum Gasteiger partial charge on any atom is -0.497 e. The Balaban J connectivity index is 1.30. The summed E-state index contributed by atoms with van der Waals surface area (Å²) in [4.78, 5) is 2.19. The van der Waals surface area contributed by atoms with Crippen molar-refractivity contribution >= 4 is 58.5 Å². The second-order valence-corrected chi connectivity index (χ2v) is 12.9. The summed E-state index contributed by atoms with van der Waals surface area (Å²) in [5.74, 6) is 1.59. The minimum atomic E-state index is -1.49. The van der Waals surface area contributed by atoms with Crippen LogP contribution < -0.4 is 19.8 Å². The summed E-state index contributed by atoms with van der Waals surface area (Å²) >= 11 is 1.20. The molecule has 0 spiro atoms. The molecular weight excluding hydrogens is 629 g/mol. The highest BCUT2D eigenvalue weighted by Crippen LogP contribution is 2.39. The molecule has 0 fully saturated rings. The average molecular weight is 668 g/mol. The molecule has 0 amide bonds. The Hall–Kier alpha value is -5.22. The zero-order valence-electron chi connectivity index (χ0n) is 28.2. The van der Waals surface area contributed by atoms with E-state index in [1.807, 2.05) is 60.7 Å². The van der Waals surface area contributed by atoms with Crippen molar-refractivity contribution in [1.29, 1.82) is 0 Å². The molecule has 49 heavy (non-hydrogen) atoms. The maximum absolute atomic E-state index is 9.50. The smallest absolute Gasteiger partial charge is 0.488 e. The van der Waals surface area contributed by atoms with Crippen LogP contribution in [0.25, 0.3) is 28.2 Å². The molecule has 6 rings (SSSR count). The van der Waals surface area contributed by atoms with Crippen LogP contribution in [-0.4, -0.2) is 40.1 Å². The second kappa shape index (κ2) is 14.1. The van der Waals surface area contributed by atoms with Gasteiger partial charge in [-0.15, -0.1) is 0 Å². The topological polar surface area (TPSA) is 87.9 Å². The van der Waals surface area contributed by atoms with Gasteiger partial charge in [0.1, 0.15) is 22.5 Å². The fourth-order valence-corrected chi connectivity index (χ4v) is 6.58. The summed E-state index contributed by atoms with van der Waals surface area (Å²) in [6.45, 7) is 10.8. The van der Waals surface area contributed by atoms with E-state index in [1.165, 1.54) is 11.7 Å². The van der Waals surface area contributed by atoms with Crippen molar-refractivity contribution in [3.63, 3.8) is 0 Å². The highest BCUT2D eigenvalue weighted by molar-refractivity contribution is 7.00. The van der Waals surface area contributed by atoms with Crippen molar-refractivity contribution < 1.29 is 19.5 Å². The lowest BCUT2D eigenvalue weighted by molar-refractivity contribution is 0.415. The molecule has 0 bridgehead atoms. The quantitative estimate of drug-likeness (QED) is 0.106. The minimum absolute atomic E-state index is 0.383. The molecule has 1 heterocycles. The first-order valence-corrected chi connectivity index (χ1v) is 16.6. The number of rotatable bonds is 11. The van der Waals surface area contributed by atoms with Gasteiger partial charge in [0.15, 0.2) is 0 Å². The number of methoxy groups -OCH3 is 2. The van der Waals surface area contributed by atoms with Gasteiger partial charge >= 0.3 is 7.12 Å². The summed E-state index contributed by atoms with van der Waals surface area (Å²) in [5, 5.41) is 19.0. The van der Waals surface area contributed by atoms with E-state index >= 15 is 0 Å². The highest BCUT2D eigenvalue weighted by Gasteiger charge is 2.26. The van der Waals surface area contributed by atoms with E-state index in [2.05, 4.69) is 74.7 Å². The Kier molecular flexibility index (Phi) is 9.69. The molecule has 5 aromatic carbocycles. The van der Waals surface area contributed by atoms with E-state index in [-0.39, 0.29) is 5.41 Å². The molecule has 0 saturated heterocycles. The Morgan fingerprint density at radius 3 is 1.76 bits per heavy atom. The SMILES string of the molecule is C=C(/C(C)=C/c1ccc(-c2ccc(N(c3ccc(OC)cc3)c3ccc(OC)cc3)cc2)c2nsnc12)C(C)(C)c1ccc(B(O)O)cc1. The van der Waals surface area contributed by atoms with Crippen LogP contribution >= 0.6 is 11.7 Å². The molecule has 2 N–H and O–H groups in total. The van der Waals surface area contributed by atoms with E-state index in [0.29, 0.717) is 5.46 Å². The lowest BCUT2D eigenvalue weighted by Gasteiger charge is -2.29. The van der Waals surface area contributed by atoms with Gasteiger partial charge in [-0.25, -0.2) is 0 Å². The molecular formula is C40H38BN3O4S. The van der Waals surface area contributed by atoms with Crippen molar-refractivity contribution in [3.05, 3.63) is 138 Å². The van der Waals surface area contributed by atoms with Gasteiger partial charge in [0.25, 0.3) is 0 Å². The van der Waals surface area contributed by atoms with Crippen molar-refractivity contribution in [2.24, 2.45) is 0 Å². The van der Waals surface area contributed by atoms with Gasteiger partial charge in [0, 0.05) is 33.6 Å². The third kappa shape index (κ3) is 6.87. The molecule has 0 aliphatic carbocycles. The fourth-order valence-electron chi connectivity index (χ4n) is 5.99. The Labute approximate surface area is 291 Å². The zero-order valence-corrected chi connectivity index (χ0v) is 29.0. The van der Waals surface area contributed by atoms with Gasteiger partial charge in [-0.1, -0.05) is 69.0 Å². The normalized spacial score (nSPS) is 11.8. The molecule has 0 saturated carbocycles. The molecule has 0 aliphatic rings. The van der Waals surface area contributed by atoms with Crippen LogP contribution in [0.1, 0.15) is 31.9 Å². The van der Waals surface area contributed by atoms with Gasteiger partial charge in [0.05, 0.1) is 25.9 Å². The van der Waals surface area contributed by atoms with Crippen LogP contribution in [0, 0.1) is 0 Å². The van der Waals surface area contributed by atoms with E-state index in [0.717, 1.165) is 73.0 Å². The third-order valence-electron chi connectivity index (χ3n) is 9.08. The van der Waals surface area contributed by atoms with Crippen LogP contribution in [0.5, 0.6) is 11.5 Å².